The van der Waals surface area contributed by atoms with E-state index in [9.17, 15) is 4.79 Å². The maximum Gasteiger partial charge on any atom is 0.268 e. The fourth-order valence-electron chi connectivity index (χ4n) is 1.38. The summed E-state index contributed by atoms with van der Waals surface area (Å²) in [6, 6.07) is 0. The van der Waals surface area contributed by atoms with Crippen LogP contribution in [0.5, 0.6) is 0 Å². The molecule has 0 bridgehead atoms. The SMILES string of the molecule is CCN(CC)C(=O)/C(Cl)=C(\Cl)N(CC)CC. The maximum atomic E-state index is 11.9. The van der Waals surface area contributed by atoms with Crippen molar-refractivity contribution in [3.05, 3.63) is 10.2 Å². The van der Waals surface area contributed by atoms with E-state index in [1.807, 2.05) is 32.6 Å². The Morgan fingerprint density at radius 3 is 1.56 bits per heavy atom. The Hall–Kier alpha value is -0.410. The summed E-state index contributed by atoms with van der Waals surface area (Å²) in [5.74, 6) is -0.205. The van der Waals surface area contributed by atoms with Crippen molar-refractivity contribution in [3.63, 3.8) is 0 Å². The molecule has 0 aromatic carbocycles. The third kappa shape index (κ3) is 3.87. The predicted molar refractivity (Wildman–Crippen MR) is 69.6 cm³/mol. The molecule has 0 saturated heterocycles. The average Bonchev–Trinajstić information content (AvgIpc) is 2.30. The number of nitrogens with zero attached hydrogens (tertiary/aromatic N) is 2. The molecule has 0 aromatic rings. The lowest BCUT2D eigenvalue weighted by atomic mass is 10.4. The van der Waals surface area contributed by atoms with Crippen molar-refractivity contribution >= 4 is 29.1 Å². The van der Waals surface area contributed by atoms with Crippen LogP contribution in [-0.2, 0) is 4.79 Å². The smallest absolute Gasteiger partial charge is 0.268 e. The summed E-state index contributed by atoms with van der Waals surface area (Å²) in [6.45, 7) is 10.5. The first-order chi connectivity index (χ1) is 7.53. The number of rotatable bonds is 6. The highest BCUT2D eigenvalue weighted by Gasteiger charge is 2.19. The van der Waals surface area contributed by atoms with Crippen molar-refractivity contribution in [2.24, 2.45) is 0 Å². The van der Waals surface area contributed by atoms with Gasteiger partial charge in [-0.1, -0.05) is 23.2 Å². The van der Waals surface area contributed by atoms with Gasteiger partial charge in [-0.25, -0.2) is 0 Å². The predicted octanol–water partition coefficient (Wildman–Crippen LogP) is 2.84. The fourth-order valence-corrected chi connectivity index (χ4v) is 1.94. The Labute approximate surface area is 108 Å². The molecule has 1 amide bonds. The number of amides is 1. The molecule has 5 heteroatoms. The van der Waals surface area contributed by atoms with Gasteiger partial charge in [-0.05, 0) is 27.7 Å². The topological polar surface area (TPSA) is 23.6 Å². The summed E-state index contributed by atoms with van der Waals surface area (Å²) in [4.78, 5) is 15.4. The second kappa shape index (κ2) is 7.80. The Balaban J connectivity index is 4.92. The van der Waals surface area contributed by atoms with Crippen LogP contribution in [0.4, 0.5) is 0 Å². The normalized spacial score (nSPS) is 12.1. The molecule has 16 heavy (non-hydrogen) atoms. The Bertz CT molecular complexity index is 259. The van der Waals surface area contributed by atoms with Gasteiger partial charge in [0.25, 0.3) is 5.91 Å². The van der Waals surface area contributed by atoms with Crippen molar-refractivity contribution in [1.82, 2.24) is 9.80 Å². The average molecular weight is 267 g/mol. The lowest BCUT2D eigenvalue weighted by molar-refractivity contribution is -0.126. The third-order valence-corrected chi connectivity index (χ3v) is 3.33. The van der Waals surface area contributed by atoms with Crippen LogP contribution in [0, 0.1) is 0 Å². The van der Waals surface area contributed by atoms with Gasteiger partial charge < -0.3 is 9.80 Å². The molecule has 0 spiro atoms. The molecule has 0 aromatic heterocycles. The monoisotopic (exact) mass is 266 g/mol. The van der Waals surface area contributed by atoms with Gasteiger partial charge in [-0.2, -0.15) is 0 Å². The molecule has 3 nitrogen and oxygen atoms in total. The lowest BCUT2D eigenvalue weighted by Gasteiger charge is -2.23. The molecule has 0 rings (SSSR count). The first kappa shape index (κ1) is 15.6. The van der Waals surface area contributed by atoms with E-state index in [4.69, 9.17) is 23.2 Å². The largest absolute Gasteiger partial charge is 0.362 e. The zero-order valence-corrected chi connectivity index (χ0v) is 11.9. The number of halogens is 2. The van der Waals surface area contributed by atoms with Crippen LogP contribution >= 0.6 is 23.2 Å². The standard InChI is InChI=1S/C11H20Cl2N2O/c1-5-14(6-2)10(13)9(12)11(16)15(7-3)8-4/h5-8H2,1-4H3/b10-9-. The van der Waals surface area contributed by atoms with E-state index in [1.54, 1.807) is 4.90 Å². The van der Waals surface area contributed by atoms with E-state index in [0.717, 1.165) is 13.1 Å². The van der Waals surface area contributed by atoms with E-state index < -0.39 is 0 Å². The minimum absolute atomic E-state index is 0.106. The molecule has 94 valence electrons. The highest BCUT2D eigenvalue weighted by Crippen LogP contribution is 2.20. The Morgan fingerprint density at radius 2 is 1.25 bits per heavy atom. The molecule has 0 fully saturated rings. The van der Waals surface area contributed by atoms with Gasteiger partial charge in [0.1, 0.15) is 10.2 Å². The minimum atomic E-state index is -0.205. The molecule has 0 aliphatic rings. The minimum Gasteiger partial charge on any atom is -0.362 e. The van der Waals surface area contributed by atoms with Gasteiger partial charge in [0, 0.05) is 26.2 Å². The summed E-state index contributed by atoms with van der Waals surface area (Å²) in [7, 11) is 0. The van der Waals surface area contributed by atoms with Gasteiger partial charge in [-0.3, -0.25) is 4.79 Å². The number of hydrogen-bond donors (Lipinski definition) is 0. The maximum absolute atomic E-state index is 11.9. The van der Waals surface area contributed by atoms with E-state index in [0.29, 0.717) is 18.2 Å². The van der Waals surface area contributed by atoms with Gasteiger partial charge in [0.15, 0.2) is 0 Å². The zero-order chi connectivity index (χ0) is 12.7. The Morgan fingerprint density at radius 1 is 0.875 bits per heavy atom. The molecule has 0 aliphatic heterocycles. The van der Waals surface area contributed by atoms with Crippen molar-refractivity contribution < 1.29 is 4.79 Å². The lowest BCUT2D eigenvalue weighted by Crippen LogP contribution is -2.32. The van der Waals surface area contributed by atoms with Gasteiger partial charge in [0.05, 0.1) is 0 Å². The van der Waals surface area contributed by atoms with Crippen molar-refractivity contribution in [2.75, 3.05) is 26.2 Å². The molecule has 0 atom stereocenters. The summed E-state index contributed by atoms with van der Waals surface area (Å²) in [5, 5.41) is 0.442. The van der Waals surface area contributed by atoms with Crippen LogP contribution in [0.2, 0.25) is 0 Å². The summed E-state index contributed by atoms with van der Waals surface area (Å²) < 4.78 is 0. The molecular formula is C11H20Cl2N2O. The van der Waals surface area contributed by atoms with E-state index >= 15 is 0 Å². The van der Waals surface area contributed by atoms with Crippen molar-refractivity contribution in [3.8, 4) is 0 Å². The summed E-state index contributed by atoms with van der Waals surface area (Å²) in [5.41, 5.74) is 0. The molecule has 0 heterocycles. The first-order valence-electron chi connectivity index (χ1n) is 5.62. The zero-order valence-electron chi connectivity index (χ0n) is 10.4. The number of hydrogen-bond acceptors (Lipinski definition) is 2. The van der Waals surface area contributed by atoms with Crippen LogP contribution < -0.4 is 0 Å². The quantitative estimate of drug-likeness (QED) is 0.545. The number of carbonyl (C=O) groups is 1. The van der Waals surface area contributed by atoms with Crippen LogP contribution in [-0.4, -0.2) is 41.9 Å². The highest BCUT2D eigenvalue weighted by atomic mass is 35.5. The molecule has 0 radical (unpaired) electrons. The molecule has 0 aliphatic carbocycles. The van der Waals surface area contributed by atoms with Crippen molar-refractivity contribution in [2.45, 2.75) is 27.7 Å². The van der Waals surface area contributed by atoms with Crippen LogP contribution in [0.1, 0.15) is 27.7 Å². The van der Waals surface area contributed by atoms with E-state index in [2.05, 4.69) is 0 Å². The number of carbonyl (C=O) groups excluding carboxylic acids is 1. The number of likely N-dealkylation sites (N-methyl/N-ethyl adjacent to an activating group) is 1. The first-order valence-corrected chi connectivity index (χ1v) is 6.38. The van der Waals surface area contributed by atoms with Gasteiger partial charge in [0.2, 0.25) is 0 Å². The summed E-state index contributed by atoms with van der Waals surface area (Å²) >= 11 is 12.1. The van der Waals surface area contributed by atoms with E-state index in [1.165, 1.54) is 0 Å². The van der Waals surface area contributed by atoms with Crippen LogP contribution in [0.25, 0.3) is 0 Å². The third-order valence-electron chi connectivity index (χ3n) is 2.46. The second-order valence-corrected chi connectivity index (χ2v) is 3.99. The van der Waals surface area contributed by atoms with Crippen LogP contribution in [0.3, 0.4) is 0 Å². The van der Waals surface area contributed by atoms with Gasteiger partial charge >= 0.3 is 0 Å². The highest BCUT2D eigenvalue weighted by molar-refractivity contribution is 6.47. The fraction of sp³-hybridized carbons (Fsp3) is 0.727. The van der Waals surface area contributed by atoms with Gasteiger partial charge in [-0.15, -0.1) is 0 Å². The van der Waals surface area contributed by atoms with Crippen LogP contribution in [0.15, 0.2) is 10.2 Å². The molecule has 0 saturated carbocycles. The molecule has 0 unspecified atom stereocenters. The molecular weight excluding hydrogens is 247 g/mol. The molecule has 0 N–H and O–H groups in total. The van der Waals surface area contributed by atoms with Crippen molar-refractivity contribution in [1.29, 1.82) is 0 Å². The second-order valence-electron chi connectivity index (χ2n) is 3.25. The summed E-state index contributed by atoms with van der Waals surface area (Å²) in [6.07, 6.45) is 0. The Kier molecular flexibility index (Phi) is 7.60. The van der Waals surface area contributed by atoms with E-state index in [-0.39, 0.29) is 10.9 Å².